The average molecular weight is 341 g/mol. The Kier molecular flexibility index (Phi) is 3.97. The quantitative estimate of drug-likeness (QED) is 0.873. The van der Waals surface area contributed by atoms with E-state index >= 15 is 0 Å². The van der Waals surface area contributed by atoms with Crippen LogP contribution in [0.25, 0.3) is 0 Å². The normalized spacial score (nSPS) is 19.7. The maximum absolute atomic E-state index is 14.1. The molecule has 2 aromatic carbocycles. The van der Waals surface area contributed by atoms with E-state index in [-0.39, 0.29) is 12.1 Å². The van der Waals surface area contributed by atoms with Crippen LogP contribution in [-0.4, -0.2) is 16.8 Å². The molecule has 0 aliphatic carbocycles. The van der Waals surface area contributed by atoms with Crippen molar-refractivity contribution in [3.05, 3.63) is 70.8 Å². The number of hydrogen-bond acceptors (Lipinski definition) is 3. The lowest BCUT2D eigenvalue weighted by Gasteiger charge is -2.23. The molecule has 0 saturated carbocycles. The summed E-state index contributed by atoms with van der Waals surface area (Å²) in [6.45, 7) is 1.25. The first-order chi connectivity index (χ1) is 11.8. The molecule has 0 aromatic heterocycles. The number of nitriles is 1. The monoisotopic (exact) mass is 341 g/mol. The van der Waals surface area contributed by atoms with E-state index in [2.05, 4.69) is 5.32 Å². The number of carbonyl (C=O) groups excluding carboxylic acids is 2. The molecule has 3 amide bonds. The first-order valence-corrected chi connectivity index (χ1v) is 7.44. The first-order valence-electron chi connectivity index (χ1n) is 7.44. The van der Waals surface area contributed by atoms with Gasteiger partial charge in [0.1, 0.15) is 17.2 Å². The van der Waals surface area contributed by atoms with Gasteiger partial charge in [-0.3, -0.25) is 9.69 Å². The molecule has 1 heterocycles. The largest absolute Gasteiger partial charge is 0.325 e. The number of amides is 3. The third-order valence-corrected chi connectivity index (χ3v) is 4.14. The second kappa shape index (κ2) is 5.98. The number of rotatable bonds is 3. The number of nitrogens with zero attached hydrogens (tertiary/aromatic N) is 2. The molecule has 3 rings (SSSR count). The average Bonchev–Trinajstić information content (AvgIpc) is 2.81. The molecular weight excluding hydrogens is 328 g/mol. The predicted molar refractivity (Wildman–Crippen MR) is 83.9 cm³/mol. The van der Waals surface area contributed by atoms with E-state index in [1.807, 2.05) is 6.07 Å². The molecule has 5 nitrogen and oxygen atoms in total. The highest BCUT2D eigenvalue weighted by atomic mass is 19.1. The second-order valence-electron chi connectivity index (χ2n) is 5.88. The predicted octanol–water partition coefficient (Wildman–Crippen LogP) is 2.80. The van der Waals surface area contributed by atoms with Crippen LogP contribution < -0.4 is 5.32 Å². The Morgan fingerprint density at radius 1 is 1.20 bits per heavy atom. The van der Waals surface area contributed by atoms with Crippen molar-refractivity contribution in [2.75, 3.05) is 0 Å². The highest BCUT2D eigenvalue weighted by Crippen LogP contribution is 2.32. The summed E-state index contributed by atoms with van der Waals surface area (Å²) in [6, 6.07) is 10.5. The van der Waals surface area contributed by atoms with Crippen molar-refractivity contribution < 1.29 is 18.4 Å². The number of halogens is 2. The van der Waals surface area contributed by atoms with Crippen LogP contribution in [0.3, 0.4) is 0 Å². The van der Waals surface area contributed by atoms with E-state index in [9.17, 15) is 18.4 Å². The summed E-state index contributed by atoms with van der Waals surface area (Å²) in [5.41, 5.74) is -0.968. The van der Waals surface area contributed by atoms with Crippen molar-refractivity contribution in [3.8, 4) is 6.07 Å². The van der Waals surface area contributed by atoms with Crippen molar-refractivity contribution in [2.24, 2.45) is 0 Å². The fourth-order valence-corrected chi connectivity index (χ4v) is 2.83. The standard InChI is InChI=1S/C18H13F2N3O2/c1-18(14-8-13(19)5-6-15(14)20)16(24)23(17(25)22-18)10-12-4-2-3-11(7-12)9-21/h2-8H,10H2,1H3,(H,22,25)/t18-/m0/s1. The number of benzene rings is 2. The molecule has 0 unspecified atom stereocenters. The molecule has 0 spiro atoms. The molecule has 2 aromatic rings. The van der Waals surface area contributed by atoms with Gasteiger partial charge in [-0.05, 0) is 42.8 Å². The summed E-state index contributed by atoms with van der Waals surface area (Å²) in [4.78, 5) is 25.9. The Morgan fingerprint density at radius 3 is 2.68 bits per heavy atom. The van der Waals surface area contributed by atoms with Crippen LogP contribution in [0.4, 0.5) is 13.6 Å². The van der Waals surface area contributed by atoms with Gasteiger partial charge in [-0.1, -0.05) is 12.1 Å². The molecule has 1 fully saturated rings. The van der Waals surface area contributed by atoms with Gasteiger partial charge in [0.2, 0.25) is 0 Å². The van der Waals surface area contributed by atoms with Gasteiger partial charge in [0.05, 0.1) is 18.2 Å². The van der Waals surface area contributed by atoms with Crippen LogP contribution in [0.15, 0.2) is 42.5 Å². The van der Waals surface area contributed by atoms with E-state index in [4.69, 9.17) is 5.26 Å². The van der Waals surface area contributed by atoms with Crippen molar-refractivity contribution in [1.29, 1.82) is 5.26 Å². The SMILES string of the molecule is C[C@@]1(c2cc(F)ccc2F)NC(=O)N(Cc2cccc(C#N)c2)C1=O. The van der Waals surface area contributed by atoms with Gasteiger partial charge >= 0.3 is 6.03 Å². The summed E-state index contributed by atoms with van der Waals surface area (Å²) in [5.74, 6) is -2.19. The summed E-state index contributed by atoms with van der Waals surface area (Å²) in [5, 5.41) is 11.4. The van der Waals surface area contributed by atoms with Crippen LogP contribution >= 0.6 is 0 Å². The highest BCUT2D eigenvalue weighted by molar-refractivity contribution is 6.07. The summed E-state index contributed by atoms with van der Waals surface area (Å²) < 4.78 is 27.6. The van der Waals surface area contributed by atoms with Gasteiger partial charge in [-0.15, -0.1) is 0 Å². The minimum atomic E-state index is -1.70. The lowest BCUT2D eigenvalue weighted by molar-refractivity contribution is -0.131. The number of hydrogen-bond donors (Lipinski definition) is 1. The van der Waals surface area contributed by atoms with Gasteiger partial charge < -0.3 is 5.32 Å². The fourth-order valence-electron chi connectivity index (χ4n) is 2.83. The van der Waals surface area contributed by atoms with Crippen molar-refractivity contribution in [2.45, 2.75) is 19.0 Å². The number of carbonyl (C=O) groups is 2. The van der Waals surface area contributed by atoms with E-state index in [0.717, 1.165) is 23.1 Å². The zero-order valence-electron chi connectivity index (χ0n) is 13.2. The maximum Gasteiger partial charge on any atom is 0.325 e. The lowest BCUT2D eigenvalue weighted by Crippen LogP contribution is -2.41. The van der Waals surface area contributed by atoms with Crippen molar-refractivity contribution >= 4 is 11.9 Å². The molecule has 0 bridgehead atoms. The van der Waals surface area contributed by atoms with Gasteiger partial charge in [-0.25, -0.2) is 13.6 Å². The Morgan fingerprint density at radius 2 is 1.96 bits per heavy atom. The molecule has 1 saturated heterocycles. The number of urea groups is 1. The smallest absolute Gasteiger partial charge is 0.319 e. The van der Waals surface area contributed by atoms with Gasteiger partial charge in [0.25, 0.3) is 5.91 Å². The van der Waals surface area contributed by atoms with Crippen LogP contribution in [0, 0.1) is 23.0 Å². The molecule has 126 valence electrons. The Hall–Kier alpha value is -3.27. The number of imide groups is 1. The summed E-state index contributed by atoms with van der Waals surface area (Å²) in [6.07, 6.45) is 0. The third-order valence-electron chi connectivity index (χ3n) is 4.14. The van der Waals surface area contributed by atoms with E-state index in [1.165, 1.54) is 6.92 Å². The van der Waals surface area contributed by atoms with E-state index in [1.54, 1.807) is 24.3 Å². The summed E-state index contributed by atoms with van der Waals surface area (Å²) in [7, 11) is 0. The van der Waals surface area contributed by atoms with Crippen LogP contribution in [0.5, 0.6) is 0 Å². The molecule has 0 radical (unpaired) electrons. The minimum Gasteiger partial charge on any atom is -0.319 e. The molecule has 1 aliphatic rings. The molecule has 1 atom stereocenters. The molecule has 25 heavy (non-hydrogen) atoms. The minimum absolute atomic E-state index is 0.0767. The fraction of sp³-hybridized carbons (Fsp3) is 0.167. The topological polar surface area (TPSA) is 73.2 Å². The van der Waals surface area contributed by atoms with Crippen molar-refractivity contribution in [1.82, 2.24) is 10.2 Å². The third kappa shape index (κ3) is 2.83. The molecule has 7 heteroatoms. The van der Waals surface area contributed by atoms with Gasteiger partial charge in [0, 0.05) is 5.56 Å². The molecule has 1 aliphatic heterocycles. The molecular formula is C18H13F2N3O2. The zero-order valence-corrected chi connectivity index (χ0v) is 13.2. The Labute approximate surface area is 142 Å². The van der Waals surface area contributed by atoms with E-state index < -0.39 is 29.1 Å². The Bertz CT molecular complexity index is 923. The maximum atomic E-state index is 14.1. The Balaban J connectivity index is 1.94. The lowest BCUT2D eigenvalue weighted by atomic mass is 9.91. The first kappa shape index (κ1) is 16.6. The van der Waals surface area contributed by atoms with Gasteiger partial charge in [-0.2, -0.15) is 5.26 Å². The van der Waals surface area contributed by atoms with Crippen LogP contribution in [0.1, 0.15) is 23.6 Å². The van der Waals surface area contributed by atoms with Gasteiger partial charge in [0.15, 0.2) is 0 Å². The summed E-state index contributed by atoms with van der Waals surface area (Å²) >= 11 is 0. The van der Waals surface area contributed by atoms with Crippen molar-refractivity contribution in [3.63, 3.8) is 0 Å². The zero-order chi connectivity index (χ0) is 18.2. The highest BCUT2D eigenvalue weighted by Gasteiger charge is 2.50. The van der Waals surface area contributed by atoms with Crippen LogP contribution in [0.2, 0.25) is 0 Å². The van der Waals surface area contributed by atoms with Crippen LogP contribution in [-0.2, 0) is 16.9 Å². The second-order valence-corrected chi connectivity index (χ2v) is 5.88. The number of nitrogens with one attached hydrogen (secondary N) is 1. The van der Waals surface area contributed by atoms with E-state index in [0.29, 0.717) is 11.1 Å². The molecule has 1 N–H and O–H groups in total.